The molecule has 0 bridgehead atoms. The fraction of sp³-hybridized carbons (Fsp3) is 0.269. The highest BCUT2D eigenvalue weighted by atomic mass is 16.5. The quantitative estimate of drug-likeness (QED) is 0.423. The van der Waals surface area contributed by atoms with Gasteiger partial charge in [-0.1, -0.05) is 30.3 Å². The molecule has 0 atom stereocenters. The van der Waals surface area contributed by atoms with Crippen molar-refractivity contribution in [1.29, 1.82) is 0 Å². The topological polar surface area (TPSA) is 80.2 Å². The second kappa shape index (κ2) is 10.6. The van der Waals surface area contributed by atoms with E-state index in [2.05, 4.69) is 10.5 Å². The minimum absolute atomic E-state index is 0.0166. The van der Waals surface area contributed by atoms with E-state index in [0.717, 1.165) is 42.3 Å². The Bertz CT molecular complexity index is 1150. The van der Waals surface area contributed by atoms with Gasteiger partial charge >= 0.3 is 0 Å². The number of nitrogens with zero attached hydrogens (tertiary/aromatic N) is 2. The average Bonchev–Trinajstić information content (AvgIpc) is 3.40. The zero-order valence-electron chi connectivity index (χ0n) is 18.6. The van der Waals surface area contributed by atoms with E-state index in [-0.39, 0.29) is 25.0 Å². The van der Waals surface area contributed by atoms with Crippen LogP contribution < -0.4 is 14.9 Å². The summed E-state index contributed by atoms with van der Waals surface area (Å²) < 4.78 is 11.2. The van der Waals surface area contributed by atoms with Crippen molar-refractivity contribution < 1.29 is 19.1 Å². The molecule has 170 valence electrons. The summed E-state index contributed by atoms with van der Waals surface area (Å²) in [7, 11) is 0. The summed E-state index contributed by atoms with van der Waals surface area (Å²) in [6, 6.07) is 20.9. The molecule has 1 saturated heterocycles. The summed E-state index contributed by atoms with van der Waals surface area (Å²) in [5.41, 5.74) is 4.00. The van der Waals surface area contributed by atoms with Gasteiger partial charge < -0.3 is 14.4 Å². The summed E-state index contributed by atoms with van der Waals surface area (Å²) >= 11 is 0. The summed E-state index contributed by atoms with van der Waals surface area (Å²) in [6.45, 7) is 3.34. The fourth-order valence-electron chi connectivity index (χ4n) is 3.64. The van der Waals surface area contributed by atoms with Gasteiger partial charge in [0.05, 0.1) is 5.71 Å². The van der Waals surface area contributed by atoms with Crippen LogP contribution in [0, 0.1) is 0 Å². The van der Waals surface area contributed by atoms with Crippen molar-refractivity contribution in [2.75, 3.05) is 26.3 Å². The van der Waals surface area contributed by atoms with Crippen molar-refractivity contribution in [3.05, 3.63) is 72.3 Å². The molecule has 0 saturated carbocycles. The molecule has 0 unspecified atom stereocenters. The van der Waals surface area contributed by atoms with Crippen molar-refractivity contribution in [3.63, 3.8) is 0 Å². The molecule has 3 aromatic carbocycles. The molecule has 0 aromatic heterocycles. The van der Waals surface area contributed by atoms with Crippen LogP contribution in [0.4, 0.5) is 0 Å². The van der Waals surface area contributed by atoms with Gasteiger partial charge in [0.1, 0.15) is 11.5 Å². The highest BCUT2D eigenvalue weighted by molar-refractivity contribution is 5.99. The zero-order valence-corrected chi connectivity index (χ0v) is 18.6. The first-order valence-corrected chi connectivity index (χ1v) is 11.0. The van der Waals surface area contributed by atoms with Gasteiger partial charge in [0, 0.05) is 13.1 Å². The molecular formula is C26H27N3O4. The van der Waals surface area contributed by atoms with E-state index in [4.69, 9.17) is 9.47 Å². The maximum absolute atomic E-state index is 12.1. The Labute approximate surface area is 193 Å². The number of amides is 2. The van der Waals surface area contributed by atoms with E-state index in [1.165, 1.54) is 0 Å². The van der Waals surface area contributed by atoms with Crippen LogP contribution in [0.15, 0.2) is 71.8 Å². The van der Waals surface area contributed by atoms with Crippen LogP contribution in [0.5, 0.6) is 11.5 Å². The largest absolute Gasteiger partial charge is 0.484 e. The first-order valence-electron chi connectivity index (χ1n) is 11.0. The fourth-order valence-corrected chi connectivity index (χ4v) is 3.64. The molecule has 0 aliphatic carbocycles. The lowest BCUT2D eigenvalue weighted by atomic mass is 10.1. The Morgan fingerprint density at radius 2 is 1.55 bits per heavy atom. The number of benzene rings is 3. The second-order valence-corrected chi connectivity index (χ2v) is 7.93. The average molecular weight is 446 g/mol. The predicted octanol–water partition coefficient (Wildman–Crippen LogP) is 3.76. The Kier molecular flexibility index (Phi) is 7.19. The number of hydrogen-bond donors (Lipinski definition) is 1. The van der Waals surface area contributed by atoms with Crippen LogP contribution in [0.25, 0.3) is 10.8 Å². The molecule has 3 aromatic rings. The molecule has 7 nitrogen and oxygen atoms in total. The van der Waals surface area contributed by atoms with Gasteiger partial charge in [-0.05, 0) is 72.5 Å². The van der Waals surface area contributed by atoms with E-state index in [1.54, 1.807) is 19.1 Å². The van der Waals surface area contributed by atoms with Crippen molar-refractivity contribution in [2.24, 2.45) is 5.10 Å². The number of carbonyl (C=O) groups excluding carboxylic acids is 2. The maximum Gasteiger partial charge on any atom is 0.277 e. The SMILES string of the molecule is C/C(=N\NC(=O)COc1ccc2ccccc2c1)c1ccc(OCC(=O)N2CCCC2)cc1. The molecule has 2 amide bonds. The Balaban J connectivity index is 1.24. The molecule has 1 N–H and O–H groups in total. The first kappa shape index (κ1) is 22.3. The number of nitrogens with one attached hydrogen (secondary N) is 1. The van der Waals surface area contributed by atoms with Crippen LogP contribution in [0.1, 0.15) is 25.3 Å². The van der Waals surface area contributed by atoms with Crippen molar-refractivity contribution in [1.82, 2.24) is 10.3 Å². The first-order chi connectivity index (χ1) is 16.1. The van der Waals surface area contributed by atoms with E-state index in [0.29, 0.717) is 17.2 Å². The standard InChI is InChI=1S/C26H27N3O4/c1-19(20-8-11-23(12-9-20)33-18-26(31)29-14-4-5-15-29)27-28-25(30)17-32-24-13-10-21-6-2-3-7-22(21)16-24/h2-3,6-13,16H,4-5,14-15,17-18H2,1H3,(H,28,30)/b27-19+. The summed E-state index contributed by atoms with van der Waals surface area (Å²) in [6.07, 6.45) is 2.12. The molecule has 4 rings (SSSR count). The number of carbonyl (C=O) groups is 2. The molecule has 33 heavy (non-hydrogen) atoms. The molecule has 1 aliphatic rings. The lowest BCUT2D eigenvalue weighted by Gasteiger charge is -2.15. The van der Waals surface area contributed by atoms with Gasteiger partial charge in [0.25, 0.3) is 11.8 Å². The predicted molar refractivity (Wildman–Crippen MR) is 128 cm³/mol. The normalized spacial score (nSPS) is 13.7. The number of rotatable bonds is 8. The second-order valence-electron chi connectivity index (χ2n) is 7.93. The van der Waals surface area contributed by atoms with Crippen LogP contribution in [-0.4, -0.2) is 48.7 Å². The molecule has 1 aliphatic heterocycles. The molecule has 0 radical (unpaired) electrons. The van der Waals surface area contributed by atoms with Crippen LogP contribution in [0.3, 0.4) is 0 Å². The van der Waals surface area contributed by atoms with E-state index >= 15 is 0 Å². The summed E-state index contributed by atoms with van der Waals surface area (Å²) in [5.74, 6) is 0.918. The van der Waals surface area contributed by atoms with Gasteiger partial charge in [-0.15, -0.1) is 0 Å². The number of likely N-dealkylation sites (tertiary alicyclic amines) is 1. The molecule has 1 fully saturated rings. The highest BCUT2D eigenvalue weighted by Gasteiger charge is 2.18. The highest BCUT2D eigenvalue weighted by Crippen LogP contribution is 2.20. The summed E-state index contributed by atoms with van der Waals surface area (Å²) in [5, 5.41) is 6.32. The minimum atomic E-state index is -0.345. The van der Waals surface area contributed by atoms with Gasteiger partial charge in [0.2, 0.25) is 0 Å². The number of ether oxygens (including phenoxy) is 2. The van der Waals surface area contributed by atoms with Gasteiger partial charge in [0.15, 0.2) is 13.2 Å². The van der Waals surface area contributed by atoms with Crippen LogP contribution in [-0.2, 0) is 9.59 Å². The molecule has 0 spiro atoms. The van der Waals surface area contributed by atoms with Crippen LogP contribution >= 0.6 is 0 Å². The summed E-state index contributed by atoms with van der Waals surface area (Å²) in [4.78, 5) is 26.0. The zero-order chi connectivity index (χ0) is 23.0. The third-order valence-corrected chi connectivity index (χ3v) is 5.53. The Morgan fingerprint density at radius 3 is 2.30 bits per heavy atom. The number of hydrazone groups is 1. The minimum Gasteiger partial charge on any atom is -0.484 e. The number of fused-ring (bicyclic) bond motifs is 1. The Hall–Kier alpha value is -3.87. The lowest BCUT2D eigenvalue weighted by Crippen LogP contribution is -2.32. The Morgan fingerprint density at radius 1 is 0.879 bits per heavy atom. The molecule has 1 heterocycles. The lowest BCUT2D eigenvalue weighted by molar-refractivity contribution is -0.132. The van der Waals surface area contributed by atoms with Crippen LogP contribution in [0.2, 0.25) is 0 Å². The third kappa shape index (κ3) is 6.10. The van der Waals surface area contributed by atoms with Crippen molar-refractivity contribution in [3.8, 4) is 11.5 Å². The van der Waals surface area contributed by atoms with Crippen molar-refractivity contribution >= 4 is 28.3 Å². The van der Waals surface area contributed by atoms with E-state index < -0.39 is 0 Å². The van der Waals surface area contributed by atoms with E-state index in [9.17, 15) is 9.59 Å². The van der Waals surface area contributed by atoms with Gasteiger partial charge in [-0.2, -0.15) is 5.10 Å². The monoisotopic (exact) mass is 445 g/mol. The van der Waals surface area contributed by atoms with Gasteiger partial charge in [-0.25, -0.2) is 5.43 Å². The third-order valence-electron chi connectivity index (χ3n) is 5.53. The van der Waals surface area contributed by atoms with E-state index in [1.807, 2.05) is 59.5 Å². The molecular weight excluding hydrogens is 418 g/mol. The number of hydrogen-bond acceptors (Lipinski definition) is 5. The molecule has 7 heteroatoms. The van der Waals surface area contributed by atoms with Crippen molar-refractivity contribution in [2.45, 2.75) is 19.8 Å². The van der Waals surface area contributed by atoms with Gasteiger partial charge in [-0.3, -0.25) is 9.59 Å². The smallest absolute Gasteiger partial charge is 0.277 e. The maximum atomic E-state index is 12.1.